The number of rotatable bonds is 6. The van der Waals surface area contributed by atoms with Gasteiger partial charge >= 0.3 is 5.97 Å². The molecule has 2 aromatic rings. The summed E-state index contributed by atoms with van der Waals surface area (Å²) < 4.78 is 5.14. The summed E-state index contributed by atoms with van der Waals surface area (Å²) in [5, 5.41) is 3.37. The molecule has 1 aromatic heterocycles. The van der Waals surface area contributed by atoms with Crippen LogP contribution < -0.4 is 5.32 Å². The normalized spacial score (nSPS) is 10.9. The number of benzene rings is 1. The molecule has 0 fully saturated rings. The molecule has 0 aliphatic carbocycles. The Kier molecular flexibility index (Phi) is 6.53. The lowest BCUT2D eigenvalue weighted by atomic mass is 10.1. The van der Waals surface area contributed by atoms with Gasteiger partial charge in [-0.15, -0.1) is 11.3 Å². The first-order chi connectivity index (χ1) is 12.0. The molecule has 1 amide bonds. The molecule has 0 saturated carbocycles. The highest BCUT2D eigenvalue weighted by molar-refractivity contribution is 7.16. The lowest BCUT2D eigenvalue weighted by molar-refractivity contribution is -0.111. The summed E-state index contributed by atoms with van der Waals surface area (Å²) >= 11 is 1.41. The first-order valence-corrected chi connectivity index (χ1v) is 9.13. The van der Waals surface area contributed by atoms with Crippen molar-refractivity contribution in [2.75, 3.05) is 11.9 Å². The predicted octanol–water partition coefficient (Wildman–Crippen LogP) is 4.76. The van der Waals surface area contributed by atoms with Crippen LogP contribution in [0, 0.1) is 13.8 Å². The summed E-state index contributed by atoms with van der Waals surface area (Å²) in [6, 6.07) is 7.89. The molecule has 0 radical (unpaired) electrons. The number of aryl methyl sites for hydroxylation is 2. The lowest BCUT2D eigenvalue weighted by Gasteiger charge is -2.06. The zero-order valence-electron chi connectivity index (χ0n) is 15.0. The van der Waals surface area contributed by atoms with E-state index >= 15 is 0 Å². The molecule has 4 nitrogen and oxygen atoms in total. The van der Waals surface area contributed by atoms with Gasteiger partial charge in [-0.3, -0.25) is 4.79 Å². The van der Waals surface area contributed by atoms with Crippen LogP contribution in [0.1, 0.15) is 45.8 Å². The topological polar surface area (TPSA) is 55.4 Å². The van der Waals surface area contributed by atoms with E-state index in [2.05, 4.69) is 5.32 Å². The van der Waals surface area contributed by atoms with E-state index in [9.17, 15) is 9.59 Å². The van der Waals surface area contributed by atoms with Gasteiger partial charge in [0.25, 0.3) is 0 Å². The molecule has 2 rings (SSSR count). The first-order valence-electron chi connectivity index (χ1n) is 8.31. The van der Waals surface area contributed by atoms with Gasteiger partial charge in [-0.25, -0.2) is 4.79 Å². The number of hydrogen-bond donors (Lipinski definition) is 1. The number of carbonyl (C=O) groups is 2. The number of carbonyl (C=O) groups excluding carboxylic acids is 2. The van der Waals surface area contributed by atoms with Crippen LogP contribution >= 0.6 is 11.3 Å². The molecule has 1 heterocycles. The van der Waals surface area contributed by atoms with Gasteiger partial charge in [-0.05, 0) is 44.4 Å². The van der Waals surface area contributed by atoms with Crippen LogP contribution in [0.15, 0.2) is 30.3 Å². The lowest BCUT2D eigenvalue weighted by Crippen LogP contribution is -2.13. The van der Waals surface area contributed by atoms with Gasteiger partial charge in [-0.2, -0.15) is 0 Å². The Morgan fingerprint density at radius 2 is 1.84 bits per heavy atom. The number of thiophene rings is 1. The third-order valence-corrected chi connectivity index (χ3v) is 4.85. The Bertz CT molecular complexity index is 788. The van der Waals surface area contributed by atoms with Gasteiger partial charge in [0, 0.05) is 11.0 Å². The molecule has 1 N–H and O–H groups in total. The van der Waals surface area contributed by atoms with Crippen molar-refractivity contribution in [3.63, 3.8) is 0 Å². The monoisotopic (exact) mass is 357 g/mol. The fourth-order valence-electron chi connectivity index (χ4n) is 2.51. The van der Waals surface area contributed by atoms with Crippen LogP contribution in [-0.4, -0.2) is 18.5 Å². The van der Waals surface area contributed by atoms with Crippen molar-refractivity contribution in [2.45, 2.75) is 34.1 Å². The van der Waals surface area contributed by atoms with Gasteiger partial charge in [0.15, 0.2) is 0 Å². The Hall–Kier alpha value is -2.40. The van der Waals surface area contributed by atoms with Crippen LogP contribution in [-0.2, 0) is 16.0 Å². The first kappa shape index (κ1) is 18.9. The van der Waals surface area contributed by atoms with Crippen LogP contribution in [0.2, 0.25) is 0 Å². The highest BCUT2D eigenvalue weighted by Gasteiger charge is 2.22. The maximum Gasteiger partial charge on any atom is 0.341 e. The fraction of sp³-hybridized carbons (Fsp3) is 0.300. The largest absolute Gasteiger partial charge is 0.462 e. The number of nitrogens with one attached hydrogen (secondary N) is 1. The highest BCUT2D eigenvalue weighted by Crippen LogP contribution is 2.34. The second kappa shape index (κ2) is 8.62. The molecule has 0 aliphatic heterocycles. The summed E-state index contributed by atoms with van der Waals surface area (Å²) in [6.45, 7) is 8.02. The minimum Gasteiger partial charge on any atom is -0.462 e. The summed E-state index contributed by atoms with van der Waals surface area (Å²) in [5.41, 5.74) is 3.52. The van der Waals surface area contributed by atoms with E-state index in [1.807, 2.05) is 45.0 Å². The molecule has 0 atom stereocenters. The number of amides is 1. The average molecular weight is 357 g/mol. The second-order valence-electron chi connectivity index (χ2n) is 5.65. The van der Waals surface area contributed by atoms with E-state index in [4.69, 9.17) is 4.74 Å². The number of ether oxygens (including phenoxy) is 1. The van der Waals surface area contributed by atoms with Crippen molar-refractivity contribution >= 4 is 34.3 Å². The Labute approximate surface area is 152 Å². The van der Waals surface area contributed by atoms with E-state index in [0.29, 0.717) is 23.6 Å². The van der Waals surface area contributed by atoms with Crippen molar-refractivity contribution < 1.29 is 14.3 Å². The van der Waals surface area contributed by atoms with E-state index in [0.717, 1.165) is 16.0 Å². The van der Waals surface area contributed by atoms with Crippen molar-refractivity contribution in [3.8, 4) is 0 Å². The van der Waals surface area contributed by atoms with Gasteiger partial charge < -0.3 is 10.1 Å². The number of anilines is 1. The SMILES string of the molecule is CCOC(=O)c1c(NC(=O)/C=C/c2ccc(C)cc2)sc(C)c1CC. The number of hydrogen-bond acceptors (Lipinski definition) is 4. The van der Waals surface area contributed by atoms with Crippen LogP contribution in [0.4, 0.5) is 5.00 Å². The average Bonchev–Trinajstić information content (AvgIpc) is 2.89. The van der Waals surface area contributed by atoms with Gasteiger partial charge in [0.1, 0.15) is 5.00 Å². The smallest absolute Gasteiger partial charge is 0.341 e. The molecule has 1 aromatic carbocycles. The molecule has 132 valence electrons. The summed E-state index contributed by atoms with van der Waals surface area (Å²) in [6.07, 6.45) is 3.94. The molecule has 0 bridgehead atoms. The van der Waals surface area contributed by atoms with Crippen molar-refractivity contribution in [1.29, 1.82) is 0 Å². The predicted molar refractivity (Wildman–Crippen MR) is 103 cm³/mol. The Balaban J connectivity index is 2.19. The molecule has 0 aliphatic rings. The van der Waals surface area contributed by atoms with E-state index in [-0.39, 0.29) is 11.9 Å². The standard InChI is InChI=1S/C20H23NO3S/c1-5-16-14(4)25-19(18(16)20(23)24-6-2)21-17(22)12-11-15-9-7-13(3)8-10-15/h7-12H,5-6H2,1-4H3,(H,21,22)/b12-11+. The Morgan fingerprint density at radius 3 is 2.44 bits per heavy atom. The zero-order valence-corrected chi connectivity index (χ0v) is 15.8. The second-order valence-corrected chi connectivity index (χ2v) is 6.87. The van der Waals surface area contributed by atoms with Crippen molar-refractivity contribution in [2.24, 2.45) is 0 Å². The van der Waals surface area contributed by atoms with E-state index in [1.165, 1.54) is 23.0 Å². The molecule has 5 heteroatoms. The van der Waals surface area contributed by atoms with Gasteiger partial charge in [0.05, 0.1) is 12.2 Å². The van der Waals surface area contributed by atoms with E-state index < -0.39 is 0 Å². The third-order valence-electron chi connectivity index (χ3n) is 3.78. The number of esters is 1. The van der Waals surface area contributed by atoms with Crippen molar-refractivity contribution in [3.05, 3.63) is 57.5 Å². The summed E-state index contributed by atoms with van der Waals surface area (Å²) in [7, 11) is 0. The maximum atomic E-state index is 12.3. The molecule has 0 spiro atoms. The molecule has 0 saturated heterocycles. The molecule has 0 unspecified atom stereocenters. The zero-order chi connectivity index (χ0) is 18.4. The maximum absolute atomic E-state index is 12.3. The van der Waals surface area contributed by atoms with Crippen LogP contribution in [0.5, 0.6) is 0 Å². The molecular weight excluding hydrogens is 334 g/mol. The summed E-state index contributed by atoms with van der Waals surface area (Å²) in [5.74, 6) is -0.656. The quantitative estimate of drug-likeness (QED) is 0.599. The van der Waals surface area contributed by atoms with Crippen molar-refractivity contribution in [1.82, 2.24) is 0 Å². The molecule has 25 heavy (non-hydrogen) atoms. The van der Waals surface area contributed by atoms with Gasteiger partial charge in [0.2, 0.25) is 5.91 Å². The fourth-order valence-corrected chi connectivity index (χ4v) is 3.65. The minimum atomic E-state index is -0.387. The van der Waals surface area contributed by atoms with Crippen LogP contribution in [0.3, 0.4) is 0 Å². The van der Waals surface area contributed by atoms with E-state index in [1.54, 1.807) is 13.0 Å². The van der Waals surface area contributed by atoms with Crippen LogP contribution in [0.25, 0.3) is 6.08 Å². The third kappa shape index (κ3) is 4.79. The summed E-state index contributed by atoms with van der Waals surface area (Å²) in [4.78, 5) is 25.5. The molecular formula is C20H23NO3S. The Morgan fingerprint density at radius 1 is 1.16 bits per heavy atom. The van der Waals surface area contributed by atoms with Gasteiger partial charge in [-0.1, -0.05) is 36.8 Å². The minimum absolute atomic E-state index is 0.268. The highest BCUT2D eigenvalue weighted by atomic mass is 32.1.